The zero-order valence-electron chi connectivity index (χ0n) is 24.3. The van der Waals surface area contributed by atoms with Gasteiger partial charge in [-0.3, -0.25) is 13.9 Å². The van der Waals surface area contributed by atoms with Crippen LogP contribution in [0.2, 0.25) is 0 Å². The van der Waals surface area contributed by atoms with Crippen molar-refractivity contribution in [1.29, 1.82) is 0 Å². The number of amides is 2. The maximum Gasteiger partial charge on any atom is 0.244 e. The van der Waals surface area contributed by atoms with E-state index in [0.717, 1.165) is 44.8 Å². The lowest BCUT2D eigenvalue weighted by Gasteiger charge is -2.34. The standard InChI is InChI=1S/C32H41N3O4S/c1-7-26(5)33-32(37)30(20-27-14-9-8-10-15-27)34(21-28-16-12-11-13-24(28)3)31(36)22-35(40(6,38)39)29-18-17-23(2)25(4)19-29/h8-19,26,30H,7,20-22H2,1-6H3,(H,33,37)/t26-,30-/m0/s1. The van der Waals surface area contributed by atoms with Gasteiger partial charge in [0.25, 0.3) is 0 Å². The first-order chi connectivity index (χ1) is 18.9. The average Bonchev–Trinajstić information content (AvgIpc) is 2.91. The van der Waals surface area contributed by atoms with E-state index >= 15 is 0 Å². The molecule has 3 rings (SSSR count). The number of rotatable bonds is 12. The van der Waals surface area contributed by atoms with Crippen molar-refractivity contribution in [1.82, 2.24) is 10.2 Å². The highest BCUT2D eigenvalue weighted by atomic mass is 32.2. The summed E-state index contributed by atoms with van der Waals surface area (Å²) in [5, 5.41) is 3.05. The van der Waals surface area contributed by atoms with Gasteiger partial charge in [-0.1, -0.05) is 67.6 Å². The summed E-state index contributed by atoms with van der Waals surface area (Å²) in [6.07, 6.45) is 2.13. The molecule has 0 spiro atoms. The van der Waals surface area contributed by atoms with E-state index in [1.807, 2.05) is 95.3 Å². The number of aryl methyl sites for hydroxylation is 3. The Balaban J connectivity index is 2.08. The SMILES string of the molecule is CC[C@H](C)NC(=O)[C@H](Cc1ccccc1)N(Cc1ccccc1C)C(=O)CN(c1ccc(C)c(C)c1)S(C)(=O)=O. The molecule has 0 aliphatic rings. The van der Waals surface area contributed by atoms with Gasteiger partial charge >= 0.3 is 0 Å². The Morgan fingerprint density at radius 2 is 1.52 bits per heavy atom. The van der Waals surface area contributed by atoms with Crippen LogP contribution in [0.1, 0.15) is 48.1 Å². The lowest BCUT2D eigenvalue weighted by molar-refractivity contribution is -0.140. The van der Waals surface area contributed by atoms with Gasteiger partial charge < -0.3 is 10.2 Å². The molecule has 8 heteroatoms. The second-order valence-corrected chi connectivity index (χ2v) is 12.4. The van der Waals surface area contributed by atoms with Crippen molar-refractivity contribution < 1.29 is 18.0 Å². The Morgan fingerprint density at radius 1 is 0.875 bits per heavy atom. The molecular weight excluding hydrogens is 522 g/mol. The highest BCUT2D eigenvalue weighted by molar-refractivity contribution is 7.92. The van der Waals surface area contributed by atoms with Crippen LogP contribution in [0.4, 0.5) is 5.69 Å². The molecule has 0 unspecified atom stereocenters. The highest BCUT2D eigenvalue weighted by Gasteiger charge is 2.33. The number of nitrogens with zero attached hydrogens (tertiary/aromatic N) is 2. The third kappa shape index (κ3) is 8.18. The van der Waals surface area contributed by atoms with Gasteiger partial charge in [0.2, 0.25) is 21.8 Å². The number of carbonyl (C=O) groups is 2. The number of anilines is 1. The minimum absolute atomic E-state index is 0.0794. The monoisotopic (exact) mass is 563 g/mol. The Bertz CT molecular complexity index is 1420. The van der Waals surface area contributed by atoms with Crippen molar-refractivity contribution in [3.63, 3.8) is 0 Å². The lowest BCUT2D eigenvalue weighted by Crippen LogP contribution is -2.54. The van der Waals surface area contributed by atoms with Gasteiger partial charge in [0.05, 0.1) is 11.9 Å². The Hall–Kier alpha value is -3.65. The van der Waals surface area contributed by atoms with E-state index in [0.29, 0.717) is 12.1 Å². The van der Waals surface area contributed by atoms with Crippen LogP contribution in [-0.2, 0) is 32.6 Å². The number of sulfonamides is 1. The van der Waals surface area contributed by atoms with Crippen LogP contribution >= 0.6 is 0 Å². The van der Waals surface area contributed by atoms with Crippen molar-refractivity contribution in [2.45, 2.75) is 66.1 Å². The maximum atomic E-state index is 14.2. The zero-order chi connectivity index (χ0) is 29.4. The van der Waals surface area contributed by atoms with E-state index in [1.54, 1.807) is 12.1 Å². The van der Waals surface area contributed by atoms with Gasteiger partial charge in [-0.2, -0.15) is 0 Å². The van der Waals surface area contributed by atoms with Gasteiger partial charge in [0, 0.05) is 19.0 Å². The Morgan fingerprint density at radius 3 is 2.12 bits per heavy atom. The van der Waals surface area contributed by atoms with Crippen LogP contribution < -0.4 is 9.62 Å². The van der Waals surface area contributed by atoms with E-state index in [-0.39, 0.29) is 18.5 Å². The van der Waals surface area contributed by atoms with Gasteiger partial charge in [-0.25, -0.2) is 8.42 Å². The van der Waals surface area contributed by atoms with Crippen molar-refractivity contribution in [2.75, 3.05) is 17.1 Å². The largest absolute Gasteiger partial charge is 0.352 e. The molecule has 214 valence electrons. The number of hydrogen-bond donors (Lipinski definition) is 1. The molecule has 3 aromatic carbocycles. The average molecular weight is 564 g/mol. The van der Waals surface area contributed by atoms with Crippen molar-refractivity contribution in [3.05, 3.63) is 101 Å². The fourth-order valence-electron chi connectivity index (χ4n) is 4.46. The first-order valence-electron chi connectivity index (χ1n) is 13.6. The summed E-state index contributed by atoms with van der Waals surface area (Å²) in [4.78, 5) is 29.4. The first-order valence-corrected chi connectivity index (χ1v) is 15.5. The predicted octanol–water partition coefficient (Wildman–Crippen LogP) is 4.93. The number of carbonyl (C=O) groups excluding carboxylic acids is 2. The van der Waals surface area contributed by atoms with Crippen LogP contribution in [0, 0.1) is 20.8 Å². The molecule has 0 radical (unpaired) electrons. The third-order valence-corrected chi connectivity index (χ3v) is 8.47. The minimum atomic E-state index is -3.80. The van der Waals surface area contributed by atoms with Crippen molar-refractivity contribution in [2.24, 2.45) is 0 Å². The van der Waals surface area contributed by atoms with Crippen LogP contribution in [0.3, 0.4) is 0 Å². The fraction of sp³-hybridized carbons (Fsp3) is 0.375. The summed E-state index contributed by atoms with van der Waals surface area (Å²) in [6.45, 7) is 9.47. The van der Waals surface area contributed by atoms with Crippen molar-refractivity contribution in [3.8, 4) is 0 Å². The molecule has 0 aromatic heterocycles. The maximum absolute atomic E-state index is 14.2. The molecular formula is C32H41N3O4S. The normalized spacial score (nSPS) is 12.8. The van der Waals surface area contributed by atoms with E-state index < -0.39 is 28.5 Å². The van der Waals surface area contributed by atoms with E-state index in [9.17, 15) is 18.0 Å². The third-order valence-electron chi connectivity index (χ3n) is 7.33. The molecule has 3 aromatic rings. The summed E-state index contributed by atoms with van der Waals surface area (Å²) in [5.41, 5.74) is 5.14. The predicted molar refractivity (Wildman–Crippen MR) is 162 cm³/mol. The molecule has 0 saturated heterocycles. The smallest absolute Gasteiger partial charge is 0.244 e. The topological polar surface area (TPSA) is 86.8 Å². The van der Waals surface area contributed by atoms with Crippen LogP contribution in [0.25, 0.3) is 0 Å². The van der Waals surface area contributed by atoms with Crippen LogP contribution in [0.5, 0.6) is 0 Å². The molecule has 0 saturated carbocycles. The van der Waals surface area contributed by atoms with Crippen LogP contribution in [-0.4, -0.2) is 50.0 Å². The molecule has 0 heterocycles. The summed E-state index contributed by atoms with van der Waals surface area (Å²) >= 11 is 0. The number of benzene rings is 3. The molecule has 0 fully saturated rings. The van der Waals surface area contributed by atoms with Gasteiger partial charge in [-0.15, -0.1) is 0 Å². The molecule has 0 aliphatic carbocycles. The summed E-state index contributed by atoms with van der Waals surface area (Å²) < 4.78 is 27.0. The quantitative estimate of drug-likeness (QED) is 0.339. The molecule has 40 heavy (non-hydrogen) atoms. The summed E-state index contributed by atoms with van der Waals surface area (Å²) in [7, 11) is -3.80. The second-order valence-electron chi connectivity index (χ2n) is 10.5. The second kappa shape index (κ2) is 13.6. The summed E-state index contributed by atoms with van der Waals surface area (Å²) in [5.74, 6) is -0.718. The molecule has 0 bridgehead atoms. The fourth-order valence-corrected chi connectivity index (χ4v) is 5.30. The van der Waals surface area contributed by atoms with Gasteiger partial charge in [0.15, 0.2) is 0 Å². The molecule has 0 aliphatic heterocycles. The highest BCUT2D eigenvalue weighted by Crippen LogP contribution is 2.23. The molecule has 2 amide bonds. The summed E-state index contributed by atoms with van der Waals surface area (Å²) in [6, 6.07) is 21.7. The molecule has 7 nitrogen and oxygen atoms in total. The molecule has 1 N–H and O–H groups in total. The van der Waals surface area contributed by atoms with Gasteiger partial charge in [0.1, 0.15) is 12.6 Å². The Kier molecular flexibility index (Phi) is 10.5. The number of hydrogen-bond acceptors (Lipinski definition) is 4. The zero-order valence-corrected chi connectivity index (χ0v) is 25.2. The molecule has 2 atom stereocenters. The van der Waals surface area contributed by atoms with Gasteiger partial charge in [-0.05, 0) is 74.1 Å². The minimum Gasteiger partial charge on any atom is -0.352 e. The number of nitrogens with one attached hydrogen (secondary N) is 1. The van der Waals surface area contributed by atoms with E-state index in [1.165, 1.54) is 4.90 Å². The van der Waals surface area contributed by atoms with Crippen LogP contribution in [0.15, 0.2) is 72.8 Å². The van der Waals surface area contributed by atoms with Crippen molar-refractivity contribution >= 4 is 27.5 Å². The van der Waals surface area contributed by atoms with E-state index in [2.05, 4.69) is 5.32 Å². The lowest BCUT2D eigenvalue weighted by atomic mass is 10.0. The Labute approximate surface area is 239 Å². The van der Waals surface area contributed by atoms with E-state index in [4.69, 9.17) is 0 Å². The first kappa shape index (κ1) is 30.9.